The largest absolute Gasteiger partial charge is 0.366 e. The number of rotatable bonds is 3. The number of halogens is 1. The van der Waals surface area contributed by atoms with Gasteiger partial charge < -0.3 is 4.90 Å². The summed E-state index contributed by atoms with van der Waals surface area (Å²) in [6.07, 6.45) is 0. The number of hydrogen-bond acceptors (Lipinski definition) is 1. The van der Waals surface area contributed by atoms with Gasteiger partial charge in [-0.25, -0.2) is 0 Å². The lowest BCUT2D eigenvalue weighted by Gasteiger charge is -2.33. The predicted octanol–water partition coefficient (Wildman–Crippen LogP) is 4.07. The predicted molar refractivity (Wildman–Crippen MR) is 66.9 cm³/mol. The molecule has 0 bridgehead atoms. The minimum absolute atomic E-state index is 0.522. The Morgan fingerprint density at radius 2 is 1.50 bits per heavy atom. The van der Waals surface area contributed by atoms with Crippen LogP contribution in [0, 0.1) is 0 Å². The van der Waals surface area contributed by atoms with E-state index in [9.17, 15) is 0 Å². The molecule has 1 aromatic rings. The van der Waals surface area contributed by atoms with Crippen LogP contribution < -0.4 is 4.90 Å². The first-order chi connectivity index (χ1) is 6.54. The maximum atomic E-state index is 3.59. The molecule has 0 aliphatic carbocycles. The minimum atomic E-state index is 0.522. The Kier molecular flexibility index (Phi) is 3.99. The van der Waals surface area contributed by atoms with Gasteiger partial charge in [-0.3, -0.25) is 0 Å². The van der Waals surface area contributed by atoms with E-state index in [4.69, 9.17) is 0 Å². The molecule has 0 spiro atoms. The van der Waals surface area contributed by atoms with Crippen molar-refractivity contribution in [3.63, 3.8) is 0 Å². The highest BCUT2D eigenvalue weighted by Gasteiger charge is 2.15. The van der Waals surface area contributed by atoms with Crippen LogP contribution in [0.25, 0.3) is 0 Å². The molecule has 1 rings (SSSR count). The zero-order valence-electron chi connectivity index (χ0n) is 9.29. The normalized spacial score (nSPS) is 11.1. The SMILES string of the molecule is CC(C)N(c1ccccc1Br)C(C)C. The molecule has 0 atom stereocenters. The lowest BCUT2D eigenvalue weighted by molar-refractivity contribution is 0.607. The molecule has 0 heterocycles. The molecule has 78 valence electrons. The van der Waals surface area contributed by atoms with Crippen molar-refractivity contribution in [2.75, 3.05) is 4.90 Å². The molecule has 0 saturated heterocycles. The van der Waals surface area contributed by atoms with E-state index in [1.807, 2.05) is 6.07 Å². The summed E-state index contributed by atoms with van der Waals surface area (Å²) in [4.78, 5) is 2.41. The summed E-state index contributed by atoms with van der Waals surface area (Å²) in [5.41, 5.74) is 1.28. The van der Waals surface area contributed by atoms with Gasteiger partial charge >= 0.3 is 0 Å². The molecule has 0 fully saturated rings. The highest BCUT2D eigenvalue weighted by Crippen LogP contribution is 2.28. The Hall–Kier alpha value is -0.500. The average molecular weight is 256 g/mol. The summed E-state index contributed by atoms with van der Waals surface area (Å²) in [6, 6.07) is 9.42. The van der Waals surface area contributed by atoms with Gasteiger partial charge in [0.05, 0.1) is 5.69 Å². The lowest BCUT2D eigenvalue weighted by atomic mass is 10.2. The number of anilines is 1. The van der Waals surface area contributed by atoms with Crippen LogP contribution in [0.2, 0.25) is 0 Å². The van der Waals surface area contributed by atoms with Crippen molar-refractivity contribution in [1.82, 2.24) is 0 Å². The first-order valence-corrected chi connectivity index (χ1v) is 5.86. The van der Waals surface area contributed by atoms with Crippen LogP contribution in [0.1, 0.15) is 27.7 Å². The van der Waals surface area contributed by atoms with E-state index in [0.29, 0.717) is 12.1 Å². The molecule has 1 nitrogen and oxygen atoms in total. The van der Waals surface area contributed by atoms with Crippen LogP contribution in [-0.4, -0.2) is 12.1 Å². The van der Waals surface area contributed by atoms with Gasteiger partial charge in [-0.1, -0.05) is 12.1 Å². The van der Waals surface area contributed by atoms with Crippen LogP contribution in [0.15, 0.2) is 28.7 Å². The molecule has 14 heavy (non-hydrogen) atoms. The number of hydrogen-bond donors (Lipinski definition) is 0. The molecule has 0 amide bonds. The van der Waals surface area contributed by atoms with Gasteiger partial charge in [0.1, 0.15) is 0 Å². The van der Waals surface area contributed by atoms with Gasteiger partial charge in [-0.15, -0.1) is 0 Å². The topological polar surface area (TPSA) is 3.24 Å². The van der Waals surface area contributed by atoms with E-state index in [0.717, 1.165) is 0 Å². The molecule has 2 heteroatoms. The minimum Gasteiger partial charge on any atom is -0.366 e. The van der Waals surface area contributed by atoms with Gasteiger partial charge in [-0.2, -0.15) is 0 Å². The first-order valence-electron chi connectivity index (χ1n) is 5.07. The van der Waals surface area contributed by atoms with Crippen LogP contribution in [0.4, 0.5) is 5.69 Å². The molecule has 1 aromatic carbocycles. The van der Waals surface area contributed by atoms with Crippen LogP contribution in [-0.2, 0) is 0 Å². The van der Waals surface area contributed by atoms with E-state index in [1.165, 1.54) is 10.2 Å². The highest BCUT2D eigenvalue weighted by molar-refractivity contribution is 9.10. The van der Waals surface area contributed by atoms with Crippen LogP contribution in [0.5, 0.6) is 0 Å². The smallest absolute Gasteiger partial charge is 0.0515 e. The second kappa shape index (κ2) is 4.83. The van der Waals surface area contributed by atoms with Crippen molar-refractivity contribution in [3.05, 3.63) is 28.7 Å². The summed E-state index contributed by atoms with van der Waals surface area (Å²) in [6.45, 7) is 8.89. The monoisotopic (exact) mass is 255 g/mol. The number of nitrogens with zero attached hydrogens (tertiary/aromatic N) is 1. The zero-order valence-corrected chi connectivity index (χ0v) is 10.9. The quantitative estimate of drug-likeness (QED) is 0.787. The standard InChI is InChI=1S/C12H18BrN/c1-9(2)14(10(3)4)12-8-6-5-7-11(12)13/h5-10H,1-4H3. The summed E-state index contributed by atoms with van der Waals surface area (Å²) in [5, 5.41) is 0. The third-order valence-corrected chi connectivity index (χ3v) is 2.91. The maximum Gasteiger partial charge on any atom is 0.0515 e. The van der Waals surface area contributed by atoms with E-state index < -0.39 is 0 Å². The van der Waals surface area contributed by atoms with E-state index in [2.05, 4.69) is 66.7 Å². The Morgan fingerprint density at radius 3 is 1.93 bits per heavy atom. The molecule has 0 unspecified atom stereocenters. The molecule has 0 saturated carbocycles. The van der Waals surface area contributed by atoms with E-state index >= 15 is 0 Å². The van der Waals surface area contributed by atoms with E-state index in [-0.39, 0.29) is 0 Å². The van der Waals surface area contributed by atoms with Crippen molar-refractivity contribution >= 4 is 21.6 Å². The molecule has 0 aliphatic heterocycles. The highest BCUT2D eigenvalue weighted by atomic mass is 79.9. The Morgan fingerprint density at radius 1 is 1.00 bits per heavy atom. The first kappa shape index (κ1) is 11.6. The second-order valence-electron chi connectivity index (χ2n) is 4.05. The van der Waals surface area contributed by atoms with Gasteiger partial charge in [0, 0.05) is 16.6 Å². The summed E-state index contributed by atoms with van der Waals surface area (Å²) >= 11 is 3.59. The molecular weight excluding hydrogens is 238 g/mol. The molecule has 0 aliphatic rings. The third kappa shape index (κ3) is 2.50. The van der Waals surface area contributed by atoms with Gasteiger partial charge in [0.15, 0.2) is 0 Å². The van der Waals surface area contributed by atoms with Crippen molar-refractivity contribution in [1.29, 1.82) is 0 Å². The third-order valence-electron chi connectivity index (χ3n) is 2.24. The van der Waals surface area contributed by atoms with Crippen molar-refractivity contribution in [2.45, 2.75) is 39.8 Å². The lowest BCUT2D eigenvalue weighted by Crippen LogP contribution is -2.37. The van der Waals surface area contributed by atoms with Gasteiger partial charge in [0.2, 0.25) is 0 Å². The van der Waals surface area contributed by atoms with Crippen LogP contribution in [0.3, 0.4) is 0 Å². The van der Waals surface area contributed by atoms with Crippen molar-refractivity contribution < 1.29 is 0 Å². The molecule has 0 N–H and O–H groups in total. The van der Waals surface area contributed by atoms with Gasteiger partial charge in [-0.05, 0) is 55.8 Å². The Labute approximate surface area is 95.2 Å². The maximum absolute atomic E-state index is 3.59. The molecule has 0 aromatic heterocycles. The number of para-hydroxylation sites is 1. The summed E-state index contributed by atoms with van der Waals surface area (Å²) in [5.74, 6) is 0. The fourth-order valence-corrected chi connectivity index (χ4v) is 2.30. The van der Waals surface area contributed by atoms with E-state index in [1.54, 1.807) is 0 Å². The second-order valence-corrected chi connectivity index (χ2v) is 4.90. The van der Waals surface area contributed by atoms with Gasteiger partial charge in [0.25, 0.3) is 0 Å². The van der Waals surface area contributed by atoms with Crippen molar-refractivity contribution in [2.24, 2.45) is 0 Å². The summed E-state index contributed by atoms with van der Waals surface area (Å²) < 4.78 is 1.17. The van der Waals surface area contributed by atoms with Crippen LogP contribution >= 0.6 is 15.9 Å². The average Bonchev–Trinajstić information content (AvgIpc) is 2.07. The Balaban J connectivity index is 3.05. The molecule has 0 radical (unpaired) electrons. The fourth-order valence-electron chi connectivity index (χ4n) is 1.81. The zero-order chi connectivity index (χ0) is 10.7. The molecular formula is C12H18BrN. The van der Waals surface area contributed by atoms with Crippen molar-refractivity contribution in [3.8, 4) is 0 Å². The fraction of sp³-hybridized carbons (Fsp3) is 0.500. The Bertz CT molecular complexity index is 286. The number of benzene rings is 1. The summed E-state index contributed by atoms with van der Waals surface area (Å²) in [7, 11) is 0.